The van der Waals surface area contributed by atoms with Gasteiger partial charge in [-0.3, -0.25) is 4.79 Å². The van der Waals surface area contributed by atoms with Gasteiger partial charge >= 0.3 is 5.97 Å². The molecule has 1 N–H and O–H groups in total. The monoisotopic (exact) mass is 447 g/mol. The van der Waals surface area contributed by atoms with E-state index in [1.165, 1.54) is 12.7 Å². The lowest BCUT2D eigenvalue weighted by molar-refractivity contribution is -0.136. The van der Waals surface area contributed by atoms with Crippen LogP contribution in [0.3, 0.4) is 0 Å². The molecule has 33 heavy (non-hydrogen) atoms. The topological polar surface area (TPSA) is 73.9 Å². The highest BCUT2D eigenvalue weighted by Gasteiger charge is 2.43. The summed E-state index contributed by atoms with van der Waals surface area (Å²) in [4.78, 5) is 25.7. The van der Waals surface area contributed by atoms with Crippen molar-refractivity contribution in [2.45, 2.75) is 39.2 Å². The number of methoxy groups -OCH3 is 2. The maximum Gasteiger partial charge on any atom is 0.336 e. The SMILES string of the molecule is COC(=O)C1=C(C)NC2=CCCC(=O)C2C1c1ccc(OCc2ccc(C)cc2)c(OC)c1. The van der Waals surface area contributed by atoms with Gasteiger partial charge in [-0.05, 0) is 43.5 Å². The van der Waals surface area contributed by atoms with Crippen molar-refractivity contribution in [3.63, 3.8) is 0 Å². The predicted octanol–water partition coefficient (Wildman–Crippen LogP) is 4.58. The zero-order valence-electron chi connectivity index (χ0n) is 19.4. The predicted molar refractivity (Wildman–Crippen MR) is 125 cm³/mol. The summed E-state index contributed by atoms with van der Waals surface area (Å²) in [7, 11) is 2.94. The molecule has 1 aliphatic heterocycles. The van der Waals surface area contributed by atoms with Crippen molar-refractivity contribution in [1.82, 2.24) is 5.32 Å². The van der Waals surface area contributed by atoms with E-state index in [9.17, 15) is 9.59 Å². The van der Waals surface area contributed by atoms with Gasteiger partial charge in [-0.15, -0.1) is 0 Å². The summed E-state index contributed by atoms with van der Waals surface area (Å²) >= 11 is 0. The number of fused-ring (bicyclic) bond motifs is 1. The van der Waals surface area contributed by atoms with Gasteiger partial charge in [0.25, 0.3) is 0 Å². The van der Waals surface area contributed by atoms with E-state index in [1.807, 2.05) is 62.4 Å². The fraction of sp³-hybridized carbons (Fsp3) is 0.333. The second kappa shape index (κ2) is 9.53. The molecule has 0 saturated carbocycles. The van der Waals surface area contributed by atoms with Crippen LogP contribution >= 0.6 is 0 Å². The number of ether oxygens (including phenoxy) is 3. The van der Waals surface area contributed by atoms with Gasteiger partial charge in [-0.25, -0.2) is 4.79 Å². The van der Waals surface area contributed by atoms with Crippen LogP contribution in [0.1, 0.15) is 42.4 Å². The minimum atomic E-state index is -0.460. The lowest BCUT2D eigenvalue weighted by Crippen LogP contribution is -2.40. The largest absolute Gasteiger partial charge is 0.493 e. The molecule has 0 spiro atoms. The van der Waals surface area contributed by atoms with Crippen LogP contribution in [0, 0.1) is 12.8 Å². The Hall–Kier alpha value is -3.54. The number of carbonyl (C=O) groups is 2. The van der Waals surface area contributed by atoms with Crippen molar-refractivity contribution in [1.29, 1.82) is 0 Å². The van der Waals surface area contributed by atoms with E-state index >= 15 is 0 Å². The van der Waals surface area contributed by atoms with Crippen molar-refractivity contribution in [2.24, 2.45) is 5.92 Å². The number of carbonyl (C=O) groups excluding carboxylic acids is 2. The smallest absolute Gasteiger partial charge is 0.336 e. The van der Waals surface area contributed by atoms with Crippen LogP contribution in [-0.4, -0.2) is 26.0 Å². The second-order valence-corrected chi connectivity index (χ2v) is 8.46. The molecule has 0 aromatic heterocycles. The van der Waals surface area contributed by atoms with Gasteiger partial charge in [-0.2, -0.15) is 0 Å². The molecule has 0 radical (unpaired) electrons. The summed E-state index contributed by atoms with van der Waals surface area (Å²) in [5, 5.41) is 3.26. The number of hydrogen-bond donors (Lipinski definition) is 1. The molecule has 2 aromatic carbocycles. The minimum Gasteiger partial charge on any atom is -0.493 e. The summed E-state index contributed by atoms with van der Waals surface area (Å²) in [6.07, 6.45) is 3.20. The van der Waals surface area contributed by atoms with Crippen LogP contribution in [-0.2, 0) is 20.9 Å². The van der Waals surface area contributed by atoms with Gasteiger partial charge in [0.2, 0.25) is 0 Å². The number of hydrogen-bond acceptors (Lipinski definition) is 6. The number of benzene rings is 2. The lowest BCUT2D eigenvalue weighted by atomic mass is 9.71. The quantitative estimate of drug-likeness (QED) is 0.654. The molecule has 0 saturated heterocycles. The molecule has 2 atom stereocenters. The first-order valence-electron chi connectivity index (χ1n) is 11.1. The summed E-state index contributed by atoms with van der Waals surface area (Å²) in [6.45, 7) is 4.29. The molecule has 2 aromatic rings. The van der Waals surface area contributed by atoms with Crippen LogP contribution in [0.4, 0.5) is 0 Å². The van der Waals surface area contributed by atoms with Crippen molar-refractivity contribution in [3.8, 4) is 11.5 Å². The number of ketones is 1. The molecular formula is C27H29NO5. The van der Waals surface area contributed by atoms with Gasteiger partial charge < -0.3 is 19.5 Å². The molecule has 2 aliphatic rings. The van der Waals surface area contributed by atoms with Gasteiger partial charge in [0.1, 0.15) is 12.4 Å². The van der Waals surface area contributed by atoms with E-state index in [4.69, 9.17) is 14.2 Å². The van der Waals surface area contributed by atoms with Crippen LogP contribution in [0.15, 0.2) is 65.5 Å². The van der Waals surface area contributed by atoms with Crippen molar-refractivity contribution in [3.05, 3.63) is 82.2 Å². The first kappa shape index (κ1) is 22.6. The van der Waals surface area contributed by atoms with E-state index in [0.29, 0.717) is 42.2 Å². The van der Waals surface area contributed by atoms with Crippen molar-refractivity contribution in [2.75, 3.05) is 14.2 Å². The molecule has 0 fully saturated rings. The Morgan fingerprint density at radius 1 is 1.03 bits per heavy atom. The summed E-state index contributed by atoms with van der Waals surface area (Å²) in [5.74, 6) is -0.104. The van der Waals surface area contributed by atoms with Gasteiger partial charge in [-0.1, -0.05) is 42.0 Å². The van der Waals surface area contributed by atoms with E-state index < -0.39 is 17.8 Å². The maximum atomic E-state index is 13.0. The Bertz CT molecular complexity index is 1130. The number of aryl methyl sites for hydroxylation is 1. The lowest BCUT2D eigenvalue weighted by Gasteiger charge is -2.38. The number of allylic oxidation sites excluding steroid dienone is 3. The molecular weight excluding hydrogens is 418 g/mol. The highest BCUT2D eigenvalue weighted by molar-refractivity contribution is 5.96. The average molecular weight is 448 g/mol. The Morgan fingerprint density at radius 2 is 1.79 bits per heavy atom. The Balaban J connectivity index is 1.70. The van der Waals surface area contributed by atoms with E-state index in [0.717, 1.165) is 16.8 Å². The third-order valence-electron chi connectivity index (χ3n) is 6.28. The zero-order valence-corrected chi connectivity index (χ0v) is 19.4. The Kier molecular flexibility index (Phi) is 6.54. The summed E-state index contributed by atoms with van der Waals surface area (Å²) < 4.78 is 16.7. The normalized spacial score (nSPS) is 19.9. The number of Topliss-reactive ketones (excluding diaryl/α,β-unsaturated/α-hetero) is 1. The summed E-state index contributed by atoms with van der Waals surface area (Å²) in [5.41, 5.74) is 5.06. The third kappa shape index (κ3) is 4.51. The van der Waals surface area contributed by atoms with E-state index in [1.54, 1.807) is 7.11 Å². The van der Waals surface area contributed by atoms with Crippen molar-refractivity contribution < 1.29 is 23.8 Å². The Labute approximate surface area is 194 Å². The molecule has 1 heterocycles. The Morgan fingerprint density at radius 3 is 2.48 bits per heavy atom. The minimum absolute atomic E-state index is 0.109. The standard InChI is InChI=1S/C27H29NO5/c1-16-8-10-18(11-9-16)15-33-22-13-12-19(14-23(22)31-3)25-24(27(30)32-4)17(2)28-20-6-5-7-21(29)26(20)25/h6,8-14,25-26,28H,5,7,15H2,1-4H3. The van der Waals surface area contributed by atoms with Gasteiger partial charge in [0.05, 0.1) is 25.7 Å². The number of nitrogens with one attached hydrogen (secondary N) is 1. The van der Waals surface area contributed by atoms with Crippen LogP contribution in [0.5, 0.6) is 11.5 Å². The molecule has 1 aliphatic carbocycles. The second-order valence-electron chi connectivity index (χ2n) is 8.46. The maximum absolute atomic E-state index is 13.0. The molecule has 2 unspecified atom stereocenters. The zero-order chi connectivity index (χ0) is 23.5. The molecule has 4 rings (SSSR count). The van der Waals surface area contributed by atoms with Crippen LogP contribution in [0.2, 0.25) is 0 Å². The van der Waals surface area contributed by atoms with E-state index in [2.05, 4.69) is 5.32 Å². The third-order valence-corrected chi connectivity index (χ3v) is 6.28. The summed E-state index contributed by atoms with van der Waals surface area (Å²) in [6, 6.07) is 13.8. The first-order valence-corrected chi connectivity index (χ1v) is 11.1. The molecule has 6 nitrogen and oxygen atoms in total. The fourth-order valence-corrected chi connectivity index (χ4v) is 4.60. The first-order chi connectivity index (χ1) is 15.9. The highest BCUT2D eigenvalue weighted by Crippen LogP contribution is 2.45. The highest BCUT2D eigenvalue weighted by atomic mass is 16.5. The van der Waals surface area contributed by atoms with Crippen LogP contribution < -0.4 is 14.8 Å². The fourth-order valence-electron chi connectivity index (χ4n) is 4.60. The molecule has 6 heteroatoms. The van der Waals surface area contributed by atoms with Gasteiger partial charge in [0, 0.05) is 23.7 Å². The molecule has 0 amide bonds. The number of rotatable bonds is 6. The van der Waals surface area contributed by atoms with Gasteiger partial charge in [0.15, 0.2) is 11.5 Å². The van der Waals surface area contributed by atoms with Crippen molar-refractivity contribution >= 4 is 11.8 Å². The molecule has 172 valence electrons. The average Bonchev–Trinajstić information content (AvgIpc) is 2.82. The molecule has 0 bridgehead atoms. The van der Waals surface area contributed by atoms with E-state index in [-0.39, 0.29) is 5.78 Å². The number of esters is 1. The van der Waals surface area contributed by atoms with Crippen LogP contribution in [0.25, 0.3) is 0 Å².